The molecule has 6 rings (SSSR count). The van der Waals surface area contributed by atoms with Gasteiger partial charge in [0, 0.05) is 49.2 Å². The third-order valence-corrected chi connectivity index (χ3v) is 7.74. The first-order valence-electron chi connectivity index (χ1n) is 12.5. The van der Waals surface area contributed by atoms with Gasteiger partial charge < -0.3 is 30.3 Å². The Morgan fingerprint density at radius 2 is 1.92 bits per heavy atom. The molecule has 3 N–H and O–H groups in total. The third-order valence-electron chi connectivity index (χ3n) is 6.85. The second-order valence-electron chi connectivity index (χ2n) is 9.94. The van der Waals surface area contributed by atoms with Crippen molar-refractivity contribution in [3.05, 3.63) is 30.0 Å². The molecule has 13 heteroatoms. The van der Waals surface area contributed by atoms with Crippen LogP contribution >= 0.6 is 11.3 Å². The Hall–Kier alpha value is -3.42. The summed E-state index contributed by atoms with van der Waals surface area (Å²) in [6.45, 7) is 3.02. The maximum absolute atomic E-state index is 14.9. The second kappa shape index (κ2) is 10.0. The van der Waals surface area contributed by atoms with Crippen LogP contribution in [0.3, 0.4) is 0 Å². The quantitative estimate of drug-likeness (QED) is 0.320. The van der Waals surface area contributed by atoms with E-state index in [1.807, 2.05) is 20.2 Å². The van der Waals surface area contributed by atoms with E-state index in [-0.39, 0.29) is 27.0 Å². The molecule has 2 aliphatic rings. The van der Waals surface area contributed by atoms with Crippen molar-refractivity contribution in [2.75, 3.05) is 51.0 Å². The number of nitrogen functional groups attached to an aromatic ring is 1. The van der Waals surface area contributed by atoms with Crippen LogP contribution in [0, 0.1) is 11.6 Å². The summed E-state index contributed by atoms with van der Waals surface area (Å²) in [5, 5.41) is 12.7. The molecule has 5 heterocycles. The van der Waals surface area contributed by atoms with Gasteiger partial charge in [0.15, 0.2) is 22.5 Å². The smallest absolute Gasteiger partial charge is 0.266 e. The summed E-state index contributed by atoms with van der Waals surface area (Å²) in [6, 6.07) is 3.47. The molecule has 2 atom stereocenters. The van der Waals surface area contributed by atoms with E-state index in [0.717, 1.165) is 62.0 Å². The monoisotopic (exact) mass is 542 g/mol. The molecular weight excluding hydrogens is 514 g/mol. The summed E-state index contributed by atoms with van der Waals surface area (Å²) in [6.07, 6.45) is 4.71. The Labute approximate surface area is 221 Å². The van der Waals surface area contributed by atoms with Gasteiger partial charge in [0.25, 0.3) is 5.88 Å². The molecular formula is C25H28F2N8O2S. The van der Waals surface area contributed by atoms with E-state index in [1.54, 1.807) is 6.20 Å². The number of pyridine rings is 1. The average Bonchev–Trinajstić information content (AvgIpc) is 3.45. The van der Waals surface area contributed by atoms with E-state index in [4.69, 9.17) is 20.2 Å². The predicted molar refractivity (Wildman–Crippen MR) is 142 cm³/mol. The Bertz CT molecular complexity index is 1490. The van der Waals surface area contributed by atoms with Gasteiger partial charge in [0.1, 0.15) is 15.7 Å². The van der Waals surface area contributed by atoms with Gasteiger partial charge >= 0.3 is 0 Å². The molecule has 4 aromatic rings. The van der Waals surface area contributed by atoms with Crippen LogP contribution in [0.5, 0.6) is 17.5 Å². The Morgan fingerprint density at radius 3 is 2.68 bits per heavy atom. The molecule has 2 fully saturated rings. The average molecular weight is 543 g/mol. The van der Waals surface area contributed by atoms with Gasteiger partial charge in [-0.15, -0.1) is 5.10 Å². The molecule has 0 spiro atoms. The summed E-state index contributed by atoms with van der Waals surface area (Å²) >= 11 is 0.933. The number of fused-ring (bicyclic) bond motifs is 4. The highest BCUT2D eigenvalue weighted by atomic mass is 32.1. The molecule has 3 aromatic heterocycles. The fraction of sp³-hybridized carbons (Fsp3) is 0.440. The van der Waals surface area contributed by atoms with E-state index < -0.39 is 11.6 Å². The van der Waals surface area contributed by atoms with Crippen molar-refractivity contribution >= 4 is 43.3 Å². The van der Waals surface area contributed by atoms with Crippen LogP contribution < -0.4 is 25.4 Å². The molecule has 0 amide bonds. The number of anilines is 2. The summed E-state index contributed by atoms with van der Waals surface area (Å²) in [7, 11) is 4.02. The zero-order chi connectivity index (χ0) is 26.4. The number of benzene rings is 1. The zero-order valence-corrected chi connectivity index (χ0v) is 21.9. The van der Waals surface area contributed by atoms with Crippen LogP contribution in [-0.2, 0) is 0 Å². The maximum atomic E-state index is 14.9. The first kappa shape index (κ1) is 24.9. The maximum Gasteiger partial charge on any atom is 0.266 e. The number of piperazine rings is 1. The number of hydrogen-bond donors (Lipinski definition) is 2. The minimum absolute atomic E-state index is 0.0145. The highest BCUT2D eigenvalue weighted by molar-refractivity contribution is 7.22. The SMILES string of the molecule is CN(C)CCCOc1cc(N2CC3CCC(C2)N3)c2cnnc(Oc3c(F)cc(F)c4nc(N)sc34)c2n1. The van der Waals surface area contributed by atoms with E-state index in [9.17, 15) is 8.78 Å². The summed E-state index contributed by atoms with van der Waals surface area (Å²) in [5.41, 5.74) is 7.00. The molecule has 0 aliphatic carbocycles. The summed E-state index contributed by atoms with van der Waals surface area (Å²) in [4.78, 5) is 13.1. The standard InChI is InChI=1S/C25H28F2N8O2S/c1-34(2)6-3-7-36-19-9-18(35-11-13-4-5-14(12-35)30-13)15-10-29-33-24(20(15)31-19)37-22-17(27)8-16(26)21-23(22)38-25(28)32-21/h8-10,13-14,30H,3-7,11-12H2,1-2H3,(H2,28,32). The Balaban J connectivity index is 1.42. The van der Waals surface area contributed by atoms with Crippen LogP contribution in [0.2, 0.25) is 0 Å². The molecule has 2 bridgehead atoms. The van der Waals surface area contributed by atoms with E-state index in [1.165, 1.54) is 0 Å². The van der Waals surface area contributed by atoms with Crippen LogP contribution in [0.15, 0.2) is 18.3 Å². The fourth-order valence-electron chi connectivity index (χ4n) is 5.15. The molecule has 38 heavy (non-hydrogen) atoms. The van der Waals surface area contributed by atoms with Gasteiger partial charge in [-0.25, -0.2) is 18.7 Å². The summed E-state index contributed by atoms with van der Waals surface area (Å²) < 4.78 is 41.4. The van der Waals surface area contributed by atoms with Crippen molar-refractivity contribution in [2.45, 2.75) is 31.3 Å². The van der Waals surface area contributed by atoms with Crippen molar-refractivity contribution < 1.29 is 18.3 Å². The Morgan fingerprint density at radius 1 is 1.13 bits per heavy atom. The predicted octanol–water partition coefficient (Wildman–Crippen LogP) is 3.56. The second-order valence-corrected chi connectivity index (χ2v) is 11.0. The number of hydrogen-bond acceptors (Lipinski definition) is 11. The lowest BCUT2D eigenvalue weighted by atomic mass is 10.1. The summed E-state index contributed by atoms with van der Waals surface area (Å²) in [5.74, 6) is -1.53. The number of nitrogens with zero attached hydrogens (tertiary/aromatic N) is 6. The number of thiazole rings is 1. The van der Waals surface area contributed by atoms with Gasteiger partial charge in [-0.05, 0) is 33.4 Å². The highest BCUT2D eigenvalue weighted by Crippen LogP contribution is 2.41. The zero-order valence-electron chi connectivity index (χ0n) is 21.1. The molecule has 2 saturated heterocycles. The van der Waals surface area contributed by atoms with Crippen LogP contribution in [0.25, 0.3) is 21.1 Å². The number of nitrogens with one attached hydrogen (secondary N) is 1. The number of halogens is 2. The van der Waals surface area contributed by atoms with E-state index in [0.29, 0.717) is 35.5 Å². The first-order valence-corrected chi connectivity index (χ1v) is 13.3. The fourth-order valence-corrected chi connectivity index (χ4v) is 5.97. The highest BCUT2D eigenvalue weighted by Gasteiger charge is 2.33. The normalized spacial score (nSPS) is 19.1. The van der Waals surface area contributed by atoms with E-state index in [2.05, 4.69) is 30.3 Å². The van der Waals surface area contributed by atoms with Gasteiger partial charge in [-0.2, -0.15) is 5.10 Å². The van der Waals surface area contributed by atoms with Crippen LogP contribution in [0.4, 0.5) is 19.6 Å². The van der Waals surface area contributed by atoms with Gasteiger partial charge in [-0.1, -0.05) is 11.3 Å². The molecule has 200 valence electrons. The molecule has 1 aromatic carbocycles. The number of aromatic nitrogens is 4. The number of rotatable bonds is 8. The lowest BCUT2D eigenvalue weighted by Gasteiger charge is -2.35. The third kappa shape index (κ3) is 4.76. The molecule has 2 aliphatic heterocycles. The largest absolute Gasteiger partial charge is 0.478 e. The van der Waals surface area contributed by atoms with Crippen LogP contribution in [-0.4, -0.2) is 77.5 Å². The van der Waals surface area contributed by atoms with Crippen molar-refractivity contribution in [3.63, 3.8) is 0 Å². The Kier molecular flexibility index (Phi) is 6.58. The lowest BCUT2D eigenvalue weighted by Crippen LogP contribution is -2.51. The van der Waals surface area contributed by atoms with Gasteiger partial charge in [-0.3, -0.25) is 0 Å². The lowest BCUT2D eigenvalue weighted by molar-refractivity contribution is 0.274. The number of ether oxygens (including phenoxy) is 2. The topological polar surface area (TPSA) is 115 Å². The van der Waals surface area contributed by atoms with Crippen molar-refractivity contribution in [1.82, 2.24) is 30.4 Å². The number of nitrogens with two attached hydrogens (primary N) is 1. The van der Waals surface area contributed by atoms with Crippen LogP contribution in [0.1, 0.15) is 19.3 Å². The molecule has 10 nitrogen and oxygen atoms in total. The van der Waals surface area contributed by atoms with Crippen molar-refractivity contribution in [2.24, 2.45) is 0 Å². The van der Waals surface area contributed by atoms with Crippen molar-refractivity contribution in [1.29, 1.82) is 0 Å². The van der Waals surface area contributed by atoms with E-state index >= 15 is 0 Å². The van der Waals surface area contributed by atoms with Crippen molar-refractivity contribution in [3.8, 4) is 17.5 Å². The molecule has 2 unspecified atom stereocenters. The molecule has 0 saturated carbocycles. The van der Waals surface area contributed by atoms with Gasteiger partial charge in [0.05, 0.1) is 18.5 Å². The first-order chi connectivity index (χ1) is 18.4. The molecule has 0 radical (unpaired) electrons. The minimum atomic E-state index is -0.896. The van der Waals surface area contributed by atoms with Gasteiger partial charge in [0.2, 0.25) is 5.88 Å². The minimum Gasteiger partial charge on any atom is -0.478 e.